The second-order valence-electron chi connectivity index (χ2n) is 5.38. The van der Waals surface area contributed by atoms with E-state index in [1.165, 1.54) is 30.4 Å². The maximum atomic E-state index is 13.0. The second-order valence-corrected chi connectivity index (χ2v) is 6.24. The summed E-state index contributed by atoms with van der Waals surface area (Å²) in [5.41, 5.74) is 2.69. The number of esters is 1. The largest absolute Gasteiger partial charge is 0.427 e. The van der Waals surface area contributed by atoms with E-state index in [0.717, 1.165) is 11.1 Å². The highest BCUT2D eigenvalue weighted by atomic mass is 32.1. The normalized spacial score (nSPS) is 11.0. The summed E-state index contributed by atoms with van der Waals surface area (Å²) in [4.78, 5) is 15.4. The average Bonchev–Trinajstić information content (AvgIpc) is 3.11. The third-order valence-corrected chi connectivity index (χ3v) is 4.32. The standard InChI is InChI=1S/C20H13FN2O2S/c1-13(24)25-18-8-2-14(3-9-18)10-16(11-22)20-23-19(12-26-20)15-4-6-17(21)7-5-15/h2-10,12H,1H3/b16-10+. The molecule has 1 aromatic heterocycles. The highest BCUT2D eigenvalue weighted by molar-refractivity contribution is 7.11. The molecule has 0 spiro atoms. The van der Waals surface area contributed by atoms with Crippen LogP contribution in [0, 0.1) is 17.1 Å². The Bertz CT molecular complexity index is 1000. The summed E-state index contributed by atoms with van der Waals surface area (Å²) in [5, 5.41) is 11.9. The van der Waals surface area contributed by atoms with Gasteiger partial charge in [0.05, 0.1) is 11.3 Å². The Balaban J connectivity index is 1.85. The number of thiazole rings is 1. The van der Waals surface area contributed by atoms with Crippen LogP contribution < -0.4 is 4.74 Å². The Morgan fingerprint density at radius 1 is 1.19 bits per heavy atom. The van der Waals surface area contributed by atoms with Gasteiger partial charge < -0.3 is 4.74 Å². The molecule has 26 heavy (non-hydrogen) atoms. The highest BCUT2D eigenvalue weighted by Gasteiger charge is 2.09. The van der Waals surface area contributed by atoms with Gasteiger partial charge in [-0.15, -0.1) is 11.3 Å². The summed E-state index contributed by atoms with van der Waals surface area (Å²) in [6, 6.07) is 15.0. The van der Waals surface area contributed by atoms with Crippen LogP contribution >= 0.6 is 11.3 Å². The van der Waals surface area contributed by atoms with Crippen LogP contribution in [0.5, 0.6) is 5.75 Å². The highest BCUT2D eigenvalue weighted by Crippen LogP contribution is 2.27. The van der Waals surface area contributed by atoms with Gasteiger partial charge in [-0.3, -0.25) is 4.79 Å². The van der Waals surface area contributed by atoms with Crippen LogP contribution in [0.3, 0.4) is 0 Å². The quantitative estimate of drug-likeness (QED) is 0.374. The molecule has 0 aliphatic heterocycles. The Labute approximate surface area is 153 Å². The molecule has 0 aliphatic carbocycles. The molecule has 0 unspecified atom stereocenters. The molecule has 0 N–H and O–H groups in total. The van der Waals surface area contributed by atoms with E-state index in [9.17, 15) is 14.4 Å². The van der Waals surface area contributed by atoms with E-state index < -0.39 is 0 Å². The molecule has 0 amide bonds. The first-order valence-electron chi connectivity index (χ1n) is 7.67. The van der Waals surface area contributed by atoms with Crippen LogP contribution in [0.15, 0.2) is 53.9 Å². The fourth-order valence-electron chi connectivity index (χ4n) is 2.26. The Kier molecular flexibility index (Phi) is 5.20. The van der Waals surface area contributed by atoms with Gasteiger partial charge in [0.1, 0.15) is 22.6 Å². The molecule has 0 atom stereocenters. The number of hydrogen-bond donors (Lipinski definition) is 0. The third-order valence-electron chi connectivity index (χ3n) is 3.45. The molecule has 3 aromatic rings. The van der Waals surface area contributed by atoms with Gasteiger partial charge in [-0.05, 0) is 48.0 Å². The van der Waals surface area contributed by atoms with Gasteiger partial charge in [0, 0.05) is 17.9 Å². The number of ether oxygens (including phenoxy) is 1. The molecule has 0 fully saturated rings. The molecule has 1 heterocycles. The van der Waals surface area contributed by atoms with Crippen molar-refractivity contribution in [2.75, 3.05) is 0 Å². The van der Waals surface area contributed by atoms with E-state index in [1.54, 1.807) is 42.5 Å². The van der Waals surface area contributed by atoms with Crippen LogP contribution in [-0.4, -0.2) is 11.0 Å². The number of nitrogens with zero attached hydrogens (tertiary/aromatic N) is 2. The number of halogens is 1. The zero-order chi connectivity index (χ0) is 18.5. The molecule has 0 radical (unpaired) electrons. The first-order chi connectivity index (χ1) is 12.5. The van der Waals surface area contributed by atoms with Gasteiger partial charge in [-0.2, -0.15) is 5.26 Å². The van der Waals surface area contributed by atoms with E-state index in [1.807, 2.05) is 5.38 Å². The molecule has 3 rings (SSSR count). The van der Waals surface area contributed by atoms with Crippen LogP contribution in [0.2, 0.25) is 0 Å². The van der Waals surface area contributed by atoms with E-state index >= 15 is 0 Å². The van der Waals surface area contributed by atoms with Crippen molar-refractivity contribution in [3.63, 3.8) is 0 Å². The van der Waals surface area contributed by atoms with Gasteiger partial charge in [0.15, 0.2) is 0 Å². The Morgan fingerprint density at radius 2 is 1.88 bits per heavy atom. The van der Waals surface area contributed by atoms with Crippen molar-refractivity contribution >= 4 is 29.0 Å². The van der Waals surface area contributed by atoms with E-state index in [4.69, 9.17) is 4.74 Å². The Hall–Kier alpha value is -3.30. The van der Waals surface area contributed by atoms with Crippen molar-refractivity contribution in [1.82, 2.24) is 4.98 Å². The minimum Gasteiger partial charge on any atom is -0.427 e. The smallest absolute Gasteiger partial charge is 0.308 e. The second kappa shape index (κ2) is 7.72. The Morgan fingerprint density at radius 3 is 2.50 bits per heavy atom. The molecular weight excluding hydrogens is 351 g/mol. The van der Waals surface area contributed by atoms with E-state index in [0.29, 0.717) is 22.0 Å². The fourth-order valence-corrected chi connectivity index (χ4v) is 3.05. The summed E-state index contributed by atoms with van der Waals surface area (Å²) < 4.78 is 18.0. The predicted octanol–water partition coefficient (Wildman–Crippen LogP) is 4.94. The van der Waals surface area contributed by atoms with Crippen molar-refractivity contribution in [2.45, 2.75) is 6.92 Å². The number of rotatable bonds is 4. The molecule has 0 bridgehead atoms. The SMILES string of the molecule is CC(=O)Oc1ccc(/C=C(\C#N)c2nc(-c3ccc(F)cc3)cs2)cc1. The lowest BCUT2D eigenvalue weighted by molar-refractivity contribution is -0.131. The van der Waals surface area contributed by atoms with Crippen molar-refractivity contribution in [1.29, 1.82) is 5.26 Å². The maximum absolute atomic E-state index is 13.0. The summed E-state index contributed by atoms with van der Waals surface area (Å²) in [6.45, 7) is 1.34. The minimum atomic E-state index is -0.387. The number of benzene rings is 2. The van der Waals surface area contributed by atoms with Crippen molar-refractivity contribution in [3.05, 3.63) is 70.3 Å². The summed E-state index contributed by atoms with van der Waals surface area (Å²) in [5.74, 6) is -0.248. The van der Waals surface area contributed by atoms with Crippen LogP contribution in [-0.2, 0) is 4.79 Å². The summed E-state index contributed by atoms with van der Waals surface area (Å²) >= 11 is 1.35. The van der Waals surface area contributed by atoms with Crippen molar-refractivity contribution in [2.24, 2.45) is 0 Å². The number of allylic oxidation sites excluding steroid dienone is 1. The lowest BCUT2D eigenvalue weighted by atomic mass is 10.1. The van der Waals surface area contributed by atoms with Crippen LogP contribution in [0.4, 0.5) is 4.39 Å². The molecule has 0 saturated heterocycles. The summed E-state index contributed by atoms with van der Waals surface area (Å²) in [6.07, 6.45) is 1.71. The number of nitriles is 1. The monoisotopic (exact) mass is 364 g/mol. The lowest BCUT2D eigenvalue weighted by Gasteiger charge is -2.01. The number of carbonyl (C=O) groups excluding carboxylic acids is 1. The third kappa shape index (κ3) is 4.21. The molecule has 2 aromatic carbocycles. The minimum absolute atomic E-state index is 0.306. The average molecular weight is 364 g/mol. The molecule has 6 heteroatoms. The first kappa shape index (κ1) is 17.5. The summed E-state index contributed by atoms with van der Waals surface area (Å²) in [7, 11) is 0. The number of carbonyl (C=O) groups is 1. The van der Waals surface area contributed by atoms with E-state index in [2.05, 4.69) is 11.1 Å². The van der Waals surface area contributed by atoms with Gasteiger partial charge in [-0.1, -0.05) is 12.1 Å². The molecule has 128 valence electrons. The van der Waals surface area contributed by atoms with Gasteiger partial charge >= 0.3 is 5.97 Å². The van der Waals surface area contributed by atoms with Crippen molar-refractivity contribution in [3.8, 4) is 23.1 Å². The fraction of sp³-hybridized carbons (Fsp3) is 0.0500. The van der Waals surface area contributed by atoms with Gasteiger partial charge in [0.25, 0.3) is 0 Å². The number of aromatic nitrogens is 1. The van der Waals surface area contributed by atoms with Crippen LogP contribution in [0.25, 0.3) is 22.9 Å². The van der Waals surface area contributed by atoms with Crippen LogP contribution in [0.1, 0.15) is 17.5 Å². The van der Waals surface area contributed by atoms with Gasteiger partial charge in [-0.25, -0.2) is 9.37 Å². The zero-order valence-corrected chi connectivity index (χ0v) is 14.6. The topological polar surface area (TPSA) is 63.0 Å². The number of hydrogen-bond acceptors (Lipinski definition) is 5. The molecule has 0 aliphatic rings. The first-order valence-corrected chi connectivity index (χ1v) is 8.55. The van der Waals surface area contributed by atoms with E-state index in [-0.39, 0.29) is 11.8 Å². The molecule has 4 nitrogen and oxygen atoms in total. The van der Waals surface area contributed by atoms with Gasteiger partial charge in [0.2, 0.25) is 0 Å². The maximum Gasteiger partial charge on any atom is 0.308 e. The molecular formula is C20H13FN2O2S. The predicted molar refractivity (Wildman–Crippen MR) is 98.7 cm³/mol. The van der Waals surface area contributed by atoms with Crippen molar-refractivity contribution < 1.29 is 13.9 Å². The zero-order valence-electron chi connectivity index (χ0n) is 13.8. The lowest BCUT2D eigenvalue weighted by Crippen LogP contribution is -2.00. The molecule has 0 saturated carbocycles.